The number of benzene rings is 3. The first-order chi connectivity index (χ1) is 20.9. The molecule has 0 unspecified atom stereocenters. The predicted molar refractivity (Wildman–Crippen MR) is 159 cm³/mol. The molecule has 0 saturated carbocycles. The average molecular weight is 641 g/mol. The van der Waals surface area contributed by atoms with Gasteiger partial charge < -0.3 is 19.1 Å². The molecule has 4 aliphatic heterocycles. The van der Waals surface area contributed by atoms with Crippen molar-refractivity contribution in [1.29, 1.82) is 0 Å². The zero-order valence-electron chi connectivity index (χ0n) is 22.9. The van der Waals surface area contributed by atoms with Crippen molar-refractivity contribution in [2.75, 3.05) is 25.2 Å². The van der Waals surface area contributed by atoms with Crippen molar-refractivity contribution in [2.24, 2.45) is 11.8 Å². The van der Waals surface area contributed by atoms with Gasteiger partial charge in [0.15, 0.2) is 23.1 Å². The summed E-state index contributed by atoms with van der Waals surface area (Å²) < 4.78 is 17.2. The SMILES string of the molecule is COc1ccc(C(=O)[C@H]2[C@H]3C(=O)N(c4ccc5c(c4)OCCO5)C(=O)[C@@H]3[C@H]3C=C(C(=O)c4ccccc4)C=CN32)cc1Br. The molecule has 0 aliphatic carbocycles. The summed E-state index contributed by atoms with van der Waals surface area (Å²) in [6, 6.07) is 17.1. The first-order valence-corrected chi connectivity index (χ1v) is 14.6. The normalized spacial score (nSPS) is 23.5. The highest BCUT2D eigenvalue weighted by Crippen LogP contribution is 2.48. The molecule has 3 aromatic carbocycles. The lowest BCUT2D eigenvalue weighted by atomic mass is 9.85. The van der Waals surface area contributed by atoms with Gasteiger partial charge in [0.1, 0.15) is 25.0 Å². The van der Waals surface area contributed by atoms with Crippen molar-refractivity contribution in [2.45, 2.75) is 12.1 Å². The monoisotopic (exact) mass is 640 g/mol. The molecule has 0 bridgehead atoms. The third kappa shape index (κ3) is 4.36. The van der Waals surface area contributed by atoms with Crippen LogP contribution in [0.5, 0.6) is 17.2 Å². The Bertz CT molecular complexity index is 1750. The molecule has 10 heteroatoms. The number of methoxy groups -OCH3 is 1. The van der Waals surface area contributed by atoms with Gasteiger partial charge >= 0.3 is 0 Å². The van der Waals surface area contributed by atoms with E-state index in [9.17, 15) is 19.2 Å². The number of halogens is 1. The third-order valence-corrected chi connectivity index (χ3v) is 8.95. The van der Waals surface area contributed by atoms with Gasteiger partial charge in [-0.25, -0.2) is 4.90 Å². The second kappa shape index (κ2) is 10.5. The topological polar surface area (TPSA) is 102 Å². The van der Waals surface area contributed by atoms with Crippen molar-refractivity contribution in [1.82, 2.24) is 4.90 Å². The van der Waals surface area contributed by atoms with Crippen LogP contribution in [0.25, 0.3) is 0 Å². The minimum Gasteiger partial charge on any atom is -0.496 e. The Kier molecular flexibility index (Phi) is 6.65. The van der Waals surface area contributed by atoms with E-state index in [2.05, 4.69) is 15.9 Å². The van der Waals surface area contributed by atoms with E-state index in [1.165, 1.54) is 7.11 Å². The summed E-state index contributed by atoms with van der Waals surface area (Å²) in [5, 5.41) is 0. The number of ketones is 2. The largest absolute Gasteiger partial charge is 0.496 e. The quantitative estimate of drug-likeness (QED) is 0.284. The number of hydrogen-bond donors (Lipinski definition) is 0. The molecular weight excluding hydrogens is 616 g/mol. The molecule has 2 saturated heterocycles. The molecular formula is C33H25BrN2O7. The summed E-state index contributed by atoms with van der Waals surface area (Å²) in [5.74, 6) is -1.79. The van der Waals surface area contributed by atoms with E-state index < -0.39 is 35.7 Å². The number of nitrogens with zero attached hydrogens (tertiary/aromatic N) is 2. The maximum Gasteiger partial charge on any atom is 0.240 e. The Hall–Kier alpha value is -4.70. The molecule has 0 aromatic heterocycles. The van der Waals surface area contributed by atoms with Gasteiger partial charge in [0, 0.05) is 29.0 Å². The maximum atomic E-state index is 14.2. The van der Waals surface area contributed by atoms with Gasteiger partial charge in [0.25, 0.3) is 0 Å². The van der Waals surface area contributed by atoms with E-state index in [-0.39, 0.29) is 11.6 Å². The Morgan fingerprint density at radius 1 is 0.884 bits per heavy atom. The molecule has 216 valence electrons. The Balaban J connectivity index is 1.30. The Labute approximate surface area is 255 Å². The summed E-state index contributed by atoms with van der Waals surface area (Å²) in [7, 11) is 1.53. The number of carbonyl (C=O) groups is 4. The second-order valence-corrected chi connectivity index (χ2v) is 11.5. The minimum atomic E-state index is -0.980. The van der Waals surface area contributed by atoms with Gasteiger partial charge in [-0.15, -0.1) is 0 Å². The van der Waals surface area contributed by atoms with E-state index in [1.807, 2.05) is 6.07 Å². The van der Waals surface area contributed by atoms with Gasteiger partial charge in [0.2, 0.25) is 11.8 Å². The second-order valence-electron chi connectivity index (χ2n) is 10.6. The Morgan fingerprint density at radius 2 is 1.63 bits per heavy atom. The zero-order chi connectivity index (χ0) is 29.8. The molecule has 7 rings (SSSR count). The fourth-order valence-electron chi connectivity index (χ4n) is 6.37. The van der Waals surface area contributed by atoms with Crippen LogP contribution in [0, 0.1) is 11.8 Å². The summed E-state index contributed by atoms with van der Waals surface area (Å²) in [6.07, 6.45) is 5.02. The van der Waals surface area contributed by atoms with Crippen molar-refractivity contribution < 1.29 is 33.4 Å². The van der Waals surface area contributed by atoms with Crippen molar-refractivity contribution in [3.63, 3.8) is 0 Å². The lowest BCUT2D eigenvalue weighted by molar-refractivity contribution is -0.123. The van der Waals surface area contributed by atoms with Crippen LogP contribution in [-0.2, 0) is 9.59 Å². The lowest BCUT2D eigenvalue weighted by Crippen LogP contribution is -2.46. The smallest absolute Gasteiger partial charge is 0.240 e. The van der Waals surface area contributed by atoms with Crippen molar-refractivity contribution in [3.8, 4) is 17.2 Å². The average Bonchev–Trinajstić information content (AvgIpc) is 3.51. The summed E-state index contributed by atoms with van der Waals surface area (Å²) in [5.41, 5.74) is 1.60. The highest BCUT2D eigenvalue weighted by molar-refractivity contribution is 9.10. The molecule has 0 spiro atoms. The zero-order valence-corrected chi connectivity index (χ0v) is 24.5. The lowest BCUT2D eigenvalue weighted by Gasteiger charge is -2.33. The van der Waals surface area contributed by atoms with Crippen LogP contribution in [0.1, 0.15) is 20.7 Å². The van der Waals surface area contributed by atoms with E-state index in [1.54, 1.807) is 83.9 Å². The van der Waals surface area contributed by atoms with E-state index in [0.717, 1.165) is 4.90 Å². The summed E-state index contributed by atoms with van der Waals surface area (Å²) >= 11 is 3.44. The number of rotatable bonds is 6. The number of hydrogen-bond acceptors (Lipinski definition) is 8. The van der Waals surface area contributed by atoms with E-state index in [0.29, 0.717) is 57.3 Å². The standard InChI is InChI=1S/C33H25BrN2O7/c1-41-24-9-7-19(15-22(24)34)31(38)29-28-27(23-16-20(11-12-35(23)29)30(37)18-5-3-2-4-6-18)32(39)36(33(28)40)21-8-10-25-26(17-21)43-14-13-42-25/h2-12,15-17,23,27-29H,13-14H2,1H3/t23-,27-,28+,29-/m1/s1. The molecule has 2 amide bonds. The van der Waals surface area contributed by atoms with Crippen LogP contribution in [0.4, 0.5) is 5.69 Å². The number of allylic oxidation sites excluding steroid dienone is 2. The van der Waals surface area contributed by atoms with Gasteiger partial charge in [-0.3, -0.25) is 19.2 Å². The van der Waals surface area contributed by atoms with E-state index >= 15 is 0 Å². The molecule has 0 N–H and O–H groups in total. The molecule has 0 radical (unpaired) electrons. The molecule has 4 aliphatic rings. The first-order valence-electron chi connectivity index (χ1n) is 13.8. The highest BCUT2D eigenvalue weighted by Gasteiger charge is 2.63. The number of imide groups is 1. The van der Waals surface area contributed by atoms with Crippen molar-refractivity contribution in [3.05, 3.63) is 106 Å². The Morgan fingerprint density at radius 3 is 2.37 bits per heavy atom. The van der Waals surface area contributed by atoms with Crippen LogP contribution in [-0.4, -0.2) is 60.7 Å². The third-order valence-electron chi connectivity index (χ3n) is 8.34. The summed E-state index contributed by atoms with van der Waals surface area (Å²) in [4.78, 5) is 58.7. The summed E-state index contributed by atoms with van der Waals surface area (Å²) in [6.45, 7) is 0.759. The molecule has 3 aromatic rings. The van der Waals surface area contributed by atoms with Crippen LogP contribution >= 0.6 is 15.9 Å². The van der Waals surface area contributed by atoms with E-state index in [4.69, 9.17) is 14.2 Å². The minimum absolute atomic E-state index is 0.206. The van der Waals surface area contributed by atoms with Crippen molar-refractivity contribution >= 4 is 45.0 Å². The molecule has 9 nitrogen and oxygen atoms in total. The maximum absolute atomic E-state index is 14.2. The molecule has 4 heterocycles. The fraction of sp³-hybridized carbons (Fsp3) is 0.212. The van der Waals surface area contributed by atoms with Crippen LogP contribution in [0.3, 0.4) is 0 Å². The molecule has 2 fully saturated rings. The van der Waals surface area contributed by atoms with Gasteiger partial charge in [-0.1, -0.05) is 36.4 Å². The van der Waals surface area contributed by atoms with Gasteiger partial charge in [-0.2, -0.15) is 0 Å². The van der Waals surface area contributed by atoms with Crippen LogP contribution in [0.2, 0.25) is 0 Å². The van der Waals surface area contributed by atoms with Gasteiger partial charge in [0.05, 0.1) is 35.1 Å². The van der Waals surface area contributed by atoms with Crippen LogP contribution in [0.15, 0.2) is 95.1 Å². The molecule has 43 heavy (non-hydrogen) atoms. The predicted octanol–water partition coefficient (Wildman–Crippen LogP) is 4.61. The number of carbonyl (C=O) groups excluding carboxylic acids is 4. The highest BCUT2D eigenvalue weighted by atomic mass is 79.9. The molecule has 4 atom stereocenters. The number of Topliss-reactive ketones (excluding diaryl/α,β-unsaturated/α-hetero) is 2. The number of anilines is 1. The fourth-order valence-corrected chi connectivity index (χ4v) is 6.91. The van der Waals surface area contributed by atoms with Crippen LogP contribution < -0.4 is 19.1 Å². The number of fused-ring (bicyclic) bond motifs is 4. The van der Waals surface area contributed by atoms with Gasteiger partial charge in [-0.05, 0) is 52.3 Å². The first kappa shape index (κ1) is 27.2. The number of ether oxygens (including phenoxy) is 3. The number of amides is 2.